The Morgan fingerprint density at radius 3 is 2.46 bits per heavy atom. The zero-order chi connectivity index (χ0) is 36.8. The fourth-order valence-corrected chi connectivity index (χ4v) is 5.00. The summed E-state index contributed by atoms with van der Waals surface area (Å²) < 4.78 is 36.0. The maximum absolute atomic E-state index is 13.7. The number of esters is 1. The van der Waals surface area contributed by atoms with E-state index in [1.165, 1.54) is 36.3 Å². The van der Waals surface area contributed by atoms with E-state index >= 15 is 0 Å². The Bertz CT molecular complexity index is 1780. The number of hydrogen-bond donors (Lipinski definition) is 3. The first kappa shape index (κ1) is 31.3. The summed E-state index contributed by atoms with van der Waals surface area (Å²) >= 11 is 0. The monoisotopic (exact) mass is 658 g/mol. The van der Waals surface area contributed by atoms with Gasteiger partial charge in [-0.2, -0.15) is 0 Å². The largest absolute Gasteiger partial charge is 0.466 e. The molecule has 0 fully saturated rings. The highest BCUT2D eigenvalue weighted by Gasteiger charge is 2.21. The highest BCUT2D eigenvalue weighted by molar-refractivity contribution is 6.07. The Hall–Kier alpha value is -5.26. The van der Waals surface area contributed by atoms with Crippen molar-refractivity contribution in [3.8, 4) is 0 Å². The minimum atomic E-state index is -2.56. The molecule has 0 aliphatic heterocycles. The first-order chi connectivity index (χ1) is 24.5. The summed E-state index contributed by atoms with van der Waals surface area (Å²) in [7, 11) is 0. The highest BCUT2D eigenvalue weighted by atomic mass is 16.5. The molecule has 2 heterocycles. The van der Waals surface area contributed by atoms with Crippen molar-refractivity contribution in [3.63, 3.8) is 0 Å². The number of amides is 2. The number of alkyl carbamates (subject to hydrolysis) is 1. The highest BCUT2D eigenvalue weighted by Crippen LogP contribution is 2.21. The maximum atomic E-state index is 13.7. The van der Waals surface area contributed by atoms with Crippen LogP contribution in [-0.4, -0.2) is 58.1 Å². The molecule has 12 heteroatoms. The first-order valence-electron chi connectivity index (χ1n) is 17.8. The number of aromatic nitrogens is 3. The standard InChI is InChI=1S/C36H45N7O5/c1-4-6-7-8-9-12-23-48-36(46)41-34(37)26-14-17-28(18-15-26)39-25-32-40-29-24-27(16-19-30(29)42(32)3)35(45)43(22-20-33(44)47-5-2)31-13-10-11-21-38-31/h10-11,13-19,21,24,39H,4-9,12,20,22-23,25H2,1-3H3,(H2,37,41,46)/i3D3. The van der Waals surface area contributed by atoms with Crippen LogP contribution in [0.25, 0.3) is 11.0 Å². The molecule has 0 bridgehead atoms. The lowest BCUT2D eigenvalue weighted by atomic mass is 10.1. The smallest absolute Gasteiger partial charge is 0.412 e. The molecule has 254 valence electrons. The van der Waals surface area contributed by atoms with Gasteiger partial charge in [0.1, 0.15) is 17.5 Å². The fraction of sp³-hybridized carbons (Fsp3) is 0.389. The van der Waals surface area contributed by atoms with E-state index in [0.29, 0.717) is 34.7 Å². The van der Waals surface area contributed by atoms with Crippen LogP contribution >= 0.6 is 0 Å². The number of imidazole rings is 1. The predicted molar refractivity (Wildman–Crippen MR) is 186 cm³/mol. The normalized spacial score (nSPS) is 12.0. The third-order valence-corrected chi connectivity index (χ3v) is 7.57. The number of carbonyl (C=O) groups excluding carboxylic acids is 3. The number of ether oxygens (including phenoxy) is 2. The molecule has 2 aromatic carbocycles. The Labute approximate surface area is 285 Å². The molecule has 3 N–H and O–H groups in total. The van der Waals surface area contributed by atoms with Gasteiger partial charge in [0.25, 0.3) is 5.91 Å². The van der Waals surface area contributed by atoms with Crippen LogP contribution in [0.1, 0.15) is 84.7 Å². The van der Waals surface area contributed by atoms with E-state index in [-0.39, 0.29) is 43.3 Å². The van der Waals surface area contributed by atoms with Gasteiger partial charge in [-0.3, -0.25) is 25.2 Å². The Morgan fingerprint density at radius 1 is 0.958 bits per heavy atom. The van der Waals surface area contributed by atoms with Gasteiger partial charge in [0.2, 0.25) is 0 Å². The molecular weight excluding hydrogens is 610 g/mol. The van der Waals surface area contributed by atoms with Gasteiger partial charge in [-0.1, -0.05) is 45.1 Å². The van der Waals surface area contributed by atoms with Crippen LogP contribution in [-0.2, 0) is 27.8 Å². The van der Waals surface area contributed by atoms with E-state index in [1.54, 1.807) is 61.7 Å². The van der Waals surface area contributed by atoms with Gasteiger partial charge in [0.15, 0.2) is 0 Å². The topological polar surface area (TPSA) is 152 Å². The van der Waals surface area contributed by atoms with Crippen molar-refractivity contribution >= 4 is 46.3 Å². The van der Waals surface area contributed by atoms with E-state index in [0.717, 1.165) is 23.8 Å². The molecule has 4 aromatic rings. The second-order valence-electron chi connectivity index (χ2n) is 11.1. The Morgan fingerprint density at radius 2 is 1.73 bits per heavy atom. The number of hydrogen-bond acceptors (Lipinski definition) is 9. The molecule has 0 radical (unpaired) electrons. The summed E-state index contributed by atoms with van der Waals surface area (Å²) in [4.78, 5) is 48.2. The van der Waals surface area contributed by atoms with E-state index < -0.39 is 24.9 Å². The van der Waals surface area contributed by atoms with Crippen molar-refractivity contribution < 1.29 is 28.0 Å². The number of carbonyl (C=O) groups is 3. The molecule has 4 rings (SSSR count). The number of amidine groups is 1. The van der Waals surface area contributed by atoms with Crippen LogP contribution in [0, 0.1) is 5.41 Å². The molecule has 2 aromatic heterocycles. The minimum absolute atomic E-state index is 0.0310. The molecule has 2 amide bonds. The first-order valence-corrected chi connectivity index (χ1v) is 16.3. The van der Waals surface area contributed by atoms with Crippen molar-refractivity contribution in [2.75, 3.05) is 30.0 Å². The molecule has 0 saturated carbocycles. The average molecular weight is 659 g/mol. The molecule has 0 unspecified atom stereocenters. The Balaban J connectivity index is 1.43. The van der Waals surface area contributed by atoms with Crippen molar-refractivity contribution in [1.29, 1.82) is 5.41 Å². The second-order valence-corrected chi connectivity index (χ2v) is 11.1. The van der Waals surface area contributed by atoms with E-state index in [1.807, 2.05) is 0 Å². The maximum Gasteiger partial charge on any atom is 0.412 e. The lowest BCUT2D eigenvalue weighted by Gasteiger charge is -2.21. The number of rotatable bonds is 17. The van der Waals surface area contributed by atoms with Gasteiger partial charge >= 0.3 is 12.1 Å². The predicted octanol–water partition coefficient (Wildman–Crippen LogP) is 6.59. The fourth-order valence-electron chi connectivity index (χ4n) is 5.00. The molecule has 12 nitrogen and oxygen atoms in total. The number of aryl methyl sites for hydroxylation is 1. The van der Waals surface area contributed by atoms with Gasteiger partial charge in [-0.25, -0.2) is 14.8 Å². The number of benzene rings is 2. The van der Waals surface area contributed by atoms with Crippen LogP contribution in [0.5, 0.6) is 0 Å². The van der Waals surface area contributed by atoms with Crippen LogP contribution in [0.15, 0.2) is 66.9 Å². The van der Waals surface area contributed by atoms with Crippen molar-refractivity contribution in [3.05, 3.63) is 83.8 Å². The molecule has 0 spiro atoms. The lowest BCUT2D eigenvalue weighted by molar-refractivity contribution is -0.142. The molecule has 0 aliphatic rings. The SMILES string of the molecule is [2H]C([2H])([2H])n1c(CNc2ccc(C(=N)NC(=O)OCCCCCCCC)cc2)nc2cc(C(=O)N(CCC(=O)OCC)c3ccccn3)ccc21. The van der Waals surface area contributed by atoms with E-state index in [4.69, 9.17) is 19.0 Å². The number of unbranched alkanes of at least 4 members (excludes halogenated alkanes) is 5. The summed E-state index contributed by atoms with van der Waals surface area (Å²) in [5, 5.41) is 13.9. The zero-order valence-corrected chi connectivity index (χ0v) is 27.5. The lowest BCUT2D eigenvalue weighted by Crippen LogP contribution is -2.34. The molecule has 0 saturated heterocycles. The van der Waals surface area contributed by atoms with Crippen LogP contribution < -0.4 is 15.5 Å². The molecule has 0 aliphatic carbocycles. The van der Waals surface area contributed by atoms with Crippen molar-refractivity contribution in [1.82, 2.24) is 19.9 Å². The summed E-state index contributed by atoms with van der Waals surface area (Å²) in [5.74, 6) is -0.422. The Kier molecular flexibility index (Phi) is 11.9. The van der Waals surface area contributed by atoms with E-state index in [9.17, 15) is 14.4 Å². The van der Waals surface area contributed by atoms with Crippen LogP contribution in [0.3, 0.4) is 0 Å². The molecule has 48 heavy (non-hydrogen) atoms. The quantitative estimate of drug-likeness (QED) is 0.0497. The van der Waals surface area contributed by atoms with Gasteiger partial charge in [0, 0.05) is 40.6 Å². The second kappa shape index (κ2) is 18.2. The zero-order valence-electron chi connectivity index (χ0n) is 30.5. The summed E-state index contributed by atoms with van der Waals surface area (Å²) in [6.45, 7) is 1.89. The van der Waals surface area contributed by atoms with Gasteiger partial charge in [-0.05, 0) is 67.9 Å². The summed E-state index contributed by atoms with van der Waals surface area (Å²) in [6.07, 6.45) is 7.27. The number of nitrogens with zero attached hydrogens (tertiary/aromatic N) is 4. The summed E-state index contributed by atoms with van der Waals surface area (Å²) in [5.41, 5.74) is 1.95. The average Bonchev–Trinajstić information content (AvgIpc) is 3.49. The number of fused-ring (bicyclic) bond motifs is 1. The third kappa shape index (κ3) is 10.1. The van der Waals surface area contributed by atoms with Crippen LogP contribution in [0.4, 0.5) is 16.3 Å². The number of pyridine rings is 1. The number of nitrogens with one attached hydrogen (secondary N) is 3. The number of anilines is 2. The van der Waals surface area contributed by atoms with Crippen molar-refractivity contribution in [2.24, 2.45) is 6.98 Å². The summed E-state index contributed by atoms with van der Waals surface area (Å²) in [6, 6.07) is 16.4. The van der Waals surface area contributed by atoms with Gasteiger partial charge in [0.05, 0.1) is 37.2 Å². The van der Waals surface area contributed by atoms with Crippen LogP contribution in [0.2, 0.25) is 0 Å². The third-order valence-electron chi connectivity index (χ3n) is 7.57. The van der Waals surface area contributed by atoms with Gasteiger partial charge < -0.3 is 19.4 Å². The molecule has 0 atom stereocenters. The molecular formula is C36H45N7O5. The van der Waals surface area contributed by atoms with Crippen molar-refractivity contribution in [2.45, 2.75) is 65.3 Å². The van der Waals surface area contributed by atoms with Gasteiger partial charge in [-0.15, -0.1) is 0 Å². The minimum Gasteiger partial charge on any atom is -0.466 e. The van der Waals surface area contributed by atoms with E-state index in [2.05, 4.69) is 27.5 Å².